The van der Waals surface area contributed by atoms with E-state index in [0.29, 0.717) is 0 Å². The maximum absolute atomic E-state index is 10.8. The van der Waals surface area contributed by atoms with Crippen molar-refractivity contribution in [2.45, 2.75) is 19.9 Å². The molecule has 0 saturated heterocycles. The molecule has 0 aromatic rings. The third-order valence-electron chi connectivity index (χ3n) is 1.36. The SMILES string of the molecule is C=COC(=O)C(C)C(C)N. The summed E-state index contributed by atoms with van der Waals surface area (Å²) >= 11 is 0. The molecule has 0 saturated carbocycles. The first-order valence-electron chi connectivity index (χ1n) is 3.16. The molecule has 0 aromatic carbocycles. The van der Waals surface area contributed by atoms with Gasteiger partial charge in [-0.15, -0.1) is 0 Å². The van der Waals surface area contributed by atoms with Gasteiger partial charge in [0.05, 0.1) is 12.2 Å². The summed E-state index contributed by atoms with van der Waals surface area (Å²) in [5, 5.41) is 0. The highest BCUT2D eigenvalue weighted by Crippen LogP contribution is 2.01. The molecule has 0 aromatic heterocycles. The molecule has 0 aliphatic carbocycles. The molecule has 10 heavy (non-hydrogen) atoms. The average molecular weight is 143 g/mol. The Bertz CT molecular complexity index is 132. The van der Waals surface area contributed by atoms with Gasteiger partial charge in [-0.3, -0.25) is 4.79 Å². The highest BCUT2D eigenvalue weighted by molar-refractivity contribution is 5.73. The van der Waals surface area contributed by atoms with Crippen LogP contribution in [0, 0.1) is 5.92 Å². The zero-order valence-electron chi connectivity index (χ0n) is 6.33. The molecule has 0 heterocycles. The summed E-state index contributed by atoms with van der Waals surface area (Å²) in [5.41, 5.74) is 5.43. The zero-order chi connectivity index (χ0) is 8.15. The van der Waals surface area contributed by atoms with E-state index in [9.17, 15) is 4.79 Å². The monoisotopic (exact) mass is 143 g/mol. The second-order valence-electron chi connectivity index (χ2n) is 2.25. The van der Waals surface area contributed by atoms with Crippen LogP contribution in [0.3, 0.4) is 0 Å². The van der Waals surface area contributed by atoms with E-state index in [1.54, 1.807) is 13.8 Å². The van der Waals surface area contributed by atoms with Crippen molar-refractivity contribution < 1.29 is 9.53 Å². The lowest BCUT2D eigenvalue weighted by atomic mass is 10.1. The van der Waals surface area contributed by atoms with Crippen molar-refractivity contribution in [1.82, 2.24) is 0 Å². The van der Waals surface area contributed by atoms with Crippen LogP contribution < -0.4 is 5.73 Å². The molecule has 0 radical (unpaired) electrons. The average Bonchev–Trinajstić information content (AvgIpc) is 1.87. The number of rotatable bonds is 3. The van der Waals surface area contributed by atoms with Gasteiger partial charge in [-0.1, -0.05) is 13.5 Å². The highest BCUT2D eigenvalue weighted by Gasteiger charge is 2.17. The van der Waals surface area contributed by atoms with E-state index in [2.05, 4.69) is 11.3 Å². The van der Waals surface area contributed by atoms with Gasteiger partial charge in [-0.25, -0.2) is 0 Å². The third-order valence-corrected chi connectivity index (χ3v) is 1.36. The van der Waals surface area contributed by atoms with E-state index in [1.165, 1.54) is 0 Å². The van der Waals surface area contributed by atoms with Crippen LogP contribution in [-0.2, 0) is 9.53 Å². The Hall–Kier alpha value is -0.830. The molecule has 2 unspecified atom stereocenters. The molecule has 3 heteroatoms. The van der Waals surface area contributed by atoms with Gasteiger partial charge in [0.1, 0.15) is 0 Å². The minimum Gasteiger partial charge on any atom is -0.435 e. The van der Waals surface area contributed by atoms with Gasteiger partial charge in [0.15, 0.2) is 0 Å². The van der Waals surface area contributed by atoms with Gasteiger partial charge in [-0.2, -0.15) is 0 Å². The largest absolute Gasteiger partial charge is 0.435 e. The number of carbonyl (C=O) groups excluding carboxylic acids is 1. The maximum Gasteiger partial charge on any atom is 0.315 e. The Morgan fingerprint density at radius 3 is 2.50 bits per heavy atom. The quantitative estimate of drug-likeness (QED) is 0.466. The van der Waals surface area contributed by atoms with E-state index in [0.717, 1.165) is 6.26 Å². The van der Waals surface area contributed by atoms with Crippen LogP contribution in [0.25, 0.3) is 0 Å². The number of esters is 1. The van der Waals surface area contributed by atoms with Gasteiger partial charge < -0.3 is 10.5 Å². The lowest BCUT2D eigenvalue weighted by molar-refractivity contribution is -0.142. The molecule has 0 spiro atoms. The predicted molar refractivity (Wildman–Crippen MR) is 39.1 cm³/mol. The first kappa shape index (κ1) is 9.17. The zero-order valence-corrected chi connectivity index (χ0v) is 6.33. The Kier molecular flexibility index (Phi) is 3.72. The van der Waals surface area contributed by atoms with E-state index in [-0.39, 0.29) is 17.9 Å². The standard InChI is InChI=1S/C7H13NO2/c1-4-10-7(9)5(2)6(3)8/h4-6H,1,8H2,2-3H3. The van der Waals surface area contributed by atoms with E-state index >= 15 is 0 Å². The van der Waals surface area contributed by atoms with Crippen molar-refractivity contribution >= 4 is 5.97 Å². The van der Waals surface area contributed by atoms with E-state index in [1.807, 2.05) is 0 Å². The Morgan fingerprint density at radius 2 is 2.20 bits per heavy atom. The second kappa shape index (κ2) is 4.06. The van der Waals surface area contributed by atoms with Crippen LogP contribution in [0.15, 0.2) is 12.8 Å². The molecule has 0 aliphatic heterocycles. The van der Waals surface area contributed by atoms with Crippen LogP contribution in [0.1, 0.15) is 13.8 Å². The molecule has 0 aliphatic rings. The second-order valence-corrected chi connectivity index (χ2v) is 2.25. The maximum atomic E-state index is 10.8. The number of hydrogen-bond acceptors (Lipinski definition) is 3. The van der Waals surface area contributed by atoms with E-state index in [4.69, 9.17) is 5.73 Å². The molecule has 0 amide bonds. The molecular formula is C7H13NO2. The lowest BCUT2D eigenvalue weighted by Crippen LogP contribution is -2.31. The summed E-state index contributed by atoms with van der Waals surface area (Å²) in [4.78, 5) is 10.8. The topological polar surface area (TPSA) is 52.3 Å². The number of ether oxygens (including phenoxy) is 1. The Labute approximate surface area is 60.9 Å². The molecule has 0 bridgehead atoms. The van der Waals surface area contributed by atoms with Gasteiger partial charge in [0.25, 0.3) is 0 Å². The normalized spacial score (nSPS) is 15.5. The predicted octanol–water partition coefficient (Wildman–Crippen LogP) is 0.656. The van der Waals surface area contributed by atoms with Gasteiger partial charge in [-0.05, 0) is 6.92 Å². The Morgan fingerprint density at radius 1 is 1.70 bits per heavy atom. The van der Waals surface area contributed by atoms with Gasteiger partial charge in [0.2, 0.25) is 0 Å². The van der Waals surface area contributed by atoms with Crippen LogP contribution in [0.5, 0.6) is 0 Å². The van der Waals surface area contributed by atoms with Crippen molar-refractivity contribution in [1.29, 1.82) is 0 Å². The highest BCUT2D eigenvalue weighted by atomic mass is 16.5. The van der Waals surface area contributed by atoms with Crippen LogP contribution in [0.2, 0.25) is 0 Å². The lowest BCUT2D eigenvalue weighted by Gasteiger charge is -2.11. The summed E-state index contributed by atoms with van der Waals surface area (Å²) in [7, 11) is 0. The fourth-order valence-electron chi connectivity index (χ4n) is 0.404. The minimum absolute atomic E-state index is 0.174. The number of nitrogens with two attached hydrogens (primary N) is 1. The fraction of sp³-hybridized carbons (Fsp3) is 0.571. The molecule has 0 fully saturated rings. The number of carbonyl (C=O) groups is 1. The van der Waals surface area contributed by atoms with Gasteiger partial charge in [0, 0.05) is 6.04 Å². The van der Waals surface area contributed by atoms with Crippen molar-refractivity contribution in [3.05, 3.63) is 12.8 Å². The van der Waals surface area contributed by atoms with Crippen molar-refractivity contribution in [2.24, 2.45) is 11.7 Å². The summed E-state index contributed by atoms with van der Waals surface area (Å²) in [6, 6.07) is -0.174. The summed E-state index contributed by atoms with van der Waals surface area (Å²) in [6.07, 6.45) is 1.11. The fourth-order valence-corrected chi connectivity index (χ4v) is 0.404. The van der Waals surface area contributed by atoms with Crippen molar-refractivity contribution in [3.8, 4) is 0 Å². The smallest absolute Gasteiger partial charge is 0.315 e. The third kappa shape index (κ3) is 2.64. The van der Waals surface area contributed by atoms with Crippen LogP contribution >= 0.6 is 0 Å². The molecule has 0 rings (SSSR count). The summed E-state index contributed by atoms with van der Waals surface area (Å²) in [5.74, 6) is -0.594. The van der Waals surface area contributed by atoms with Crippen molar-refractivity contribution in [2.75, 3.05) is 0 Å². The molecule has 2 atom stereocenters. The first-order chi connectivity index (χ1) is 4.59. The minimum atomic E-state index is -0.329. The van der Waals surface area contributed by atoms with E-state index < -0.39 is 0 Å². The first-order valence-corrected chi connectivity index (χ1v) is 3.16. The Balaban J connectivity index is 3.81. The molecule has 3 nitrogen and oxygen atoms in total. The summed E-state index contributed by atoms with van der Waals surface area (Å²) < 4.78 is 4.51. The molecular weight excluding hydrogens is 130 g/mol. The van der Waals surface area contributed by atoms with Crippen LogP contribution in [0.4, 0.5) is 0 Å². The summed E-state index contributed by atoms with van der Waals surface area (Å²) in [6.45, 7) is 6.74. The molecule has 58 valence electrons. The van der Waals surface area contributed by atoms with Crippen LogP contribution in [-0.4, -0.2) is 12.0 Å². The van der Waals surface area contributed by atoms with Crippen molar-refractivity contribution in [3.63, 3.8) is 0 Å². The van der Waals surface area contributed by atoms with Gasteiger partial charge >= 0.3 is 5.97 Å². The molecule has 2 N–H and O–H groups in total. The number of hydrogen-bond donors (Lipinski definition) is 1.